The van der Waals surface area contributed by atoms with Gasteiger partial charge in [0.25, 0.3) is 11.6 Å². The molecule has 0 aliphatic rings. The van der Waals surface area contributed by atoms with E-state index < -0.39 is 10.8 Å². The van der Waals surface area contributed by atoms with Crippen molar-refractivity contribution in [2.24, 2.45) is 5.10 Å². The largest absolute Gasteiger partial charge is 0.481 e. The number of carbonyl (C=O) groups is 1. The zero-order chi connectivity index (χ0) is 19.8. The van der Waals surface area contributed by atoms with Crippen LogP contribution >= 0.6 is 47.8 Å². The molecular formula is C17H12Br3N3O4. The van der Waals surface area contributed by atoms with Crippen molar-refractivity contribution in [1.82, 2.24) is 5.43 Å². The summed E-state index contributed by atoms with van der Waals surface area (Å²) in [6, 6.07) is 9.66. The van der Waals surface area contributed by atoms with Gasteiger partial charge < -0.3 is 4.74 Å². The molecule has 1 N–H and O–H groups in total. The van der Waals surface area contributed by atoms with Crippen LogP contribution in [0.1, 0.15) is 5.56 Å². The Bertz CT molecular complexity index is 876. The first-order valence-electron chi connectivity index (χ1n) is 7.37. The number of nitro groups is 1. The lowest BCUT2D eigenvalue weighted by molar-refractivity contribution is -0.384. The van der Waals surface area contributed by atoms with E-state index in [2.05, 4.69) is 58.3 Å². The van der Waals surface area contributed by atoms with Crippen molar-refractivity contribution in [2.75, 3.05) is 6.61 Å². The van der Waals surface area contributed by atoms with Gasteiger partial charge in [0.2, 0.25) is 0 Å². The Labute approximate surface area is 180 Å². The molecule has 0 aromatic heterocycles. The van der Waals surface area contributed by atoms with E-state index in [0.717, 1.165) is 10.0 Å². The smallest absolute Gasteiger partial charge is 0.277 e. The Morgan fingerprint density at radius 3 is 2.41 bits per heavy atom. The maximum absolute atomic E-state index is 11.8. The van der Waals surface area contributed by atoms with Gasteiger partial charge in [-0.15, -0.1) is 0 Å². The summed E-state index contributed by atoms with van der Waals surface area (Å²) in [5, 5.41) is 14.4. The lowest BCUT2D eigenvalue weighted by Gasteiger charge is -2.09. The number of hydrogen-bond acceptors (Lipinski definition) is 5. The van der Waals surface area contributed by atoms with Crippen LogP contribution in [0, 0.1) is 10.1 Å². The minimum Gasteiger partial charge on any atom is -0.481 e. The molecule has 2 rings (SSSR count). The third-order valence-corrected chi connectivity index (χ3v) is 4.69. The van der Waals surface area contributed by atoms with Crippen LogP contribution in [-0.4, -0.2) is 23.7 Å². The highest BCUT2D eigenvalue weighted by atomic mass is 79.9. The van der Waals surface area contributed by atoms with Crippen LogP contribution < -0.4 is 10.2 Å². The van der Waals surface area contributed by atoms with Crippen LogP contribution in [0.4, 0.5) is 5.69 Å². The van der Waals surface area contributed by atoms with Gasteiger partial charge in [0.05, 0.1) is 13.9 Å². The number of nitro benzene ring substituents is 1. The monoisotopic (exact) mass is 559 g/mol. The number of amides is 1. The Hall–Kier alpha value is -2.04. The number of nitrogens with one attached hydrogen (secondary N) is 1. The summed E-state index contributed by atoms with van der Waals surface area (Å²) in [6.45, 7) is -0.206. The fourth-order valence-electron chi connectivity index (χ4n) is 1.85. The first-order valence-corrected chi connectivity index (χ1v) is 9.75. The minimum absolute atomic E-state index is 0.0251. The molecule has 0 saturated carbocycles. The normalized spacial score (nSPS) is 11.1. The molecule has 0 radical (unpaired) electrons. The Morgan fingerprint density at radius 1 is 1.19 bits per heavy atom. The van der Waals surface area contributed by atoms with Gasteiger partial charge in [-0.25, -0.2) is 5.43 Å². The highest BCUT2D eigenvalue weighted by Crippen LogP contribution is 2.36. The SMILES string of the molecule is O=C(COc1c(Br)cc(Br)cc1Br)N/N=C\C=C\c1ccc([N+](=O)[O-])cc1. The third-order valence-electron chi connectivity index (χ3n) is 3.05. The van der Waals surface area contributed by atoms with Gasteiger partial charge in [-0.1, -0.05) is 22.0 Å². The van der Waals surface area contributed by atoms with Gasteiger partial charge in [0, 0.05) is 22.8 Å². The molecule has 0 unspecified atom stereocenters. The van der Waals surface area contributed by atoms with Crippen molar-refractivity contribution >= 4 is 71.7 Å². The topological polar surface area (TPSA) is 93.8 Å². The number of rotatable bonds is 7. The first kappa shape index (κ1) is 21.3. The van der Waals surface area contributed by atoms with Crippen LogP contribution in [0.25, 0.3) is 6.08 Å². The molecule has 0 heterocycles. The number of hydrogen-bond donors (Lipinski definition) is 1. The second kappa shape index (κ2) is 10.3. The zero-order valence-corrected chi connectivity index (χ0v) is 18.3. The molecule has 7 nitrogen and oxygen atoms in total. The quantitative estimate of drug-likeness (QED) is 0.290. The number of allylic oxidation sites excluding steroid dienone is 1. The lowest BCUT2D eigenvalue weighted by Crippen LogP contribution is -2.24. The van der Waals surface area contributed by atoms with E-state index in [1.807, 2.05) is 0 Å². The maximum Gasteiger partial charge on any atom is 0.277 e. The van der Waals surface area contributed by atoms with Crippen molar-refractivity contribution in [3.63, 3.8) is 0 Å². The summed E-state index contributed by atoms with van der Waals surface area (Å²) in [7, 11) is 0. The van der Waals surface area contributed by atoms with Crippen molar-refractivity contribution in [1.29, 1.82) is 0 Å². The number of non-ortho nitro benzene ring substituents is 1. The summed E-state index contributed by atoms with van der Waals surface area (Å²) in [5.74, 6) is 0.0899. The van der Waals surface area contributed by atoms with E-state index >= 15 is 0 Å². The Morgan fingerprint density at radius 2 is 1.81 bits per heavy atom. The molecule has 10 heteroatoms. The second-order valence-electron chi connectivity index (χ2n) is 5.01. The highest BCUT2D eigenvalue weighted by molar-refractivity contribution is 9.11. The fraction of sp³-hybridized carbons (Fsp3) is 0.0588. The number of hydrazone groups is 1. The summed E-state index contributed by atoms with van der Waals surface area (Å²) < 4.78 is 7.73. The lowest BCUT2D eigenvalue weighted by atomic mass is 10.2. The molecule has 0 spiro atoms. The molecule has 1 amide bonds. The fourth-order valence-corrected chi connectivity index (χ4v) is 4.34. The molecule has 0 atom stereocenters. The van der Waals surface area contributed by atoms with Crippen LogP contribution in [0.3, 0.4) is 0 Å². The summed E-state index contributed by atoms with van der Waals surface area (Å²) in [5.41, 5.74) is 3.13. The van der Waals surface area contributed by atoms with Gasteiger partial charge in [-0.05, 0) is 67.8 Å². The first-order chi connectivity index (χ1) is 12.9. The molecule has 0 saturated heterocycles. The predicted molar refractivity (Wildman–Crippen MR) is 114 cm³/mol. The van der Waals surface area contributed by atoms with E-state index in [1.165, 1.54) is 18.3 Å². The average molecular weight is 562 g/mol. The van der Waals surface area contributed by atoms with E-state index in [1.54, 1.807) is 36.4 Å². The van der Waals surface area contributed by atoms with Gasteiger partial charge in [-0.3, -0.25) is 14.9 Å². The number of benzene rings is 2. The van der Waals surface area contributed by atoms with Gasteiger partial charge in [0.1, 0.15) is 5.75 Å². The third kappa shape index (κ3) is 6.89. The number of nitrogens with zero attached hydrogens (tertiary/aromatic N) is 2. The highest BCUT2D eigenvalue weighted by Gasteiger charge is 2.10. The van der Waals surface area contributed by atoms with Gasteiger partial charge in [-0.2, -0.15) is 5.10 Å². The molecule has 2 aromatic carbocycles. The van der Waals surface area contributed by atoms with E-state index in [-0.39, 0.29) is 12.3 Å². The molecule has 0 bridgehead atoms. The van der Waals surface area contributed by atoms with E-state index in [0.29, 0.717) is 14.7 Å². The van der Waals surface area contributed by atoms with E-state index in [9.17, 15) is 14.9 Å². The van der Waals surface area contributed by atoms with Gasteiger partial charge >= 0.3 is 0 Å². The average Bonchev–Trinajstić information content (AvgIpc) is 2.61. The number of halogens is 3. The molecule has 2 aromatic rings. The summed E-state index contributed by atoms with van der Waals surface area (Å²) in [6.07, 6.45) is 4.70. The Balaban J connectivity index is 1.80. The summed E-state index contributed by atoms with van der Waals surface area (Å²) in [4.78, 5) is 21.9. The van der Waals surface area contributed by atoms with Gasteiger partial charge in [0.15, 0.2) is 6.61 Å². The molecule has 27 heavy (non-hydrogen) atoms. The summed E-state index contributed by atoms with van der Waals surface area (Å²) >= 11 is 10.1. The minimum atomic E-state index is -0.460. The van der Waals surface area contributed by atoms with Crippen LogP contribution in [0.2, 0.25) is 0 Å². The number of ether oxygens (including phenoxy) is 1. The molecule has 0 fully saturated rings. The van der Waals surface area contributed by atoms with Crippen molar-refractivity contribution in [3.8, 4) is 5.75 Å². The Kier molecular flexibility index (Phi) is 8.14. The van der Waals surface area contributed by atoms with Crippen LogP contribution in [0.5, 0.6) is 5.75 Å². The molecule has 0 aliphatic carbocycles. The maximum atomic E-state index is 11.8. The standard InChI is InChI=1S/C17H12Br3N3O4/c18-12-8-14(19)17(15(20)9-12)27-10-16(24)22-21-7-1-2-11-3-5-13(6-4-11)23(25)26/h1-9H,10H2,(H,22,24)/b2-1+,21-7-. The van der Waals surface area contributed by atoms with Crippen LogP contribution in [0.15, 0.2) is 61.0 Å². The molecule has 0 aliphatic heterocycles. The predicted octanol–water partition coefficient (Wildman–Crippen LogP) is 5.08. The number of carbonyl (C=O) groups excluding carboxylic acids is 1. The van der Waals surface area contributed by atoms with Crippen molar-refractivity contribution in [3.05, 3.63) is 71.6 Å². The molecular weight excluding hydrogens is 550 g/mol. The van der Waals surface area contributed by atoms with Crippen molar-refractivity contribution < 1.29 is 14.5 Å². The molecule has 140 valence electrons. The van der Waals surface area contributed by atoms with Crippen molar-refractivity contribution in [2.45, 2.75) is 0 Å². The van der Waals surface area contributed by atoms with E-state index in [4.69, 9.17) is 4.74 Å². The van der Waals surface area contributed by atoms with Crippen LogP contribution in [-0.2, 0) is 4.79 Å². The zero-order valence-electron chi connectivity index (χ0n) is 13.6. The second-order valence-corrected chi connectivity index (χ2v) is 7.63.